The van der Waals surface area contributed by atoms with Crippen LogP contribution in [0.2, 0.25) is 0 Å². The summed E-state index contributed by atoms with van der Waals surface area (Å²) in [5, 5.41) is 14.6. The van der Waals surface area contributed by atoms with E-state index in [1.165, 1.54) is 6.33 Å². The number of hydrogen-bond donors (Lipinski definition) is 1. The molecule has 1 aromatic heterocycles. The van der Waals surface area contributed by atoms with Gasteiger partial charge in [0.2, 0.25) is 11.6 Å². The Bertz CT molecular complexity index is 558. The maximum Gasteiger partial charge on any atom is 0.353 e. The van der Waals surface area contributed by atoms with Gasteiger partial charge in [0.15, 0.2) is 0 Å². The highest BCUT2D eigenvalue weighted by atomic mass is 16.6. The van der Waals surface area contributed by atoms with E-state index < -0.39 is 0 Å². The summed E-state index contributed by atoms with van der Waals surface area (Å²) >= 11 is 0. The van der Waals surface area contributed by atoms with E-state index in [0.717, 1.165) is 65.2 Å². The Labute approximate surface area is 141 Å². The van der Waals surface area contributed by atoms with E-state index in [2.05, 4.69) is 20.2 Å². The van der Waals surface area contributed by atoms with Crippen LogP contribution in [-0.2, 0) is 4.74 Å². The first-order valence-electron chi connectivity index (χ1n) is 8.54. The summed E-state index contributed by atoms with van der Waals surface area (Å²) in [7, 11) is 0. The van der Waals surface area contributed by atoms with Crippen molar-refractivity contribution in [1.82, 2.24) is 14.9 Å². The van der Waals surface area contributed by atoms with Gasteiger partial charge in [-0.3, -0.25) is 15.0 Å². The number of aromatic nitrogens is 2. The molecule has 1 N–H and O–H groups in total. The molecule has 24 heavy (non-hydrogen) atoms. The van der Waals surface area contributed by atoms with E-state index in [-0.39, 0.29) is 10.6 Å². The maximum atomic E-state index is 11.5. The van der Waals surface area contributed by atoms with E-state index >= 15 is 0 Å². The second-order valence-corrected chi connectivity index (χ2v) is 6.08. The number of ether oxygens (including phenoxy) is 1. The third-order valence-electron chi connectivity index (χ3n) is 4.44. The van der Waals surface area contributed by atoms with Crippen LogP contribution in [0, 0.1) is 10.1 Å². The average Bonchev–Trinajstić information content (AvgIpc) is 3.13. The van der Waals surface area contributed by atoms with Gasteiger partial charge in [0.05, 0.1) is 18.1 Å². The van der Waals surface area contributed by atoms with Gasteiger partial charge < -0.3 is 15.0 Å². The summed E-state index contributed by atoms with van der Waals surface area (Å²) in [5.74, 6) is 0.752. The molecule has 3 rings (SSSR count). The van der Waals surface area contributed by atoms with Gasteiger partial charge in [-0.25, -0.2) is 9.97 Å². The van der Waals surface area contributed by atoms with E-state index in [1.54, 1.807) is 0 Å². The molecule has 0 bridgehead atoms. The summed E-state index contributed by atoms with van der Waals surface area (Å²) < 4.78 is 5.33. The number of nitrogens with one attached hydrogen (secondary N) is 1. The molecule has 2 aliphatic heterocycles. The molecule has 0 amide bonds. The lowest BCUT2D eigenvalue weighted by molar-refractivity contribution is -0.383. The third kappa shape index (κ3) is 4.09. The number of anilines is 2. The number of rotatable bonds is 7. The molecule has 2 fully saturated rings. The van der Waals surface area contributed by atoms with Gasteiger partial charge in [-0.15, -0.1) is 0 Å². The minimum absolute atomic E-state index is 0.00854. The zero-order chi connectivity index (χ0) is 16.8. The molecule has 0 aliphatic carbocycles. The lowest BCUT2D eigenvalue weighted by Crippen LogP contribution is -2.37. The molecule has 2 saturated heterocycles. The topological polar surface area (TPSA) is 96.7 Å². The van der Waals surface area contributed by atoms with Crippen molar-refractivity contribution in [2.45, 2.75) is 19.3 Å². The summed E-state index contributed by atoms with van der Waals surface area (Å²) in [5.41, 5.74) is -0.00854. The van der Waals surface area contributed by atoms with Crippen molar-refractivity contribution in [3.8, 4) is 0 Å². The molecular formula is C15H24N6O3. The molecular weight excluding hydrogens is 312 g/mol. The highest BCUT2D eigenvalue weighted by molar-refractivity contribution is 5.70. The molecule has 0 aromatic carbocycles. The fraction of sp³-hybridized carbons (Fsp3) is 0.733. The highest BCUT2D eigenvalue weighted by Crippen LogP contribution is 2.33. The molecule has 9 nitrogen and oxygen atoms in total. The molecule has 132 valence electrons. The van der Waals surface area contributed by atoms with Crippen molar-refractivity contribution in [1.29, 1.82) is 0 Å². The SMILES string of the molecule is O=[N+]([O-])c1c(NCCCN2CCOCC2)ncnc1N1CCCC1. The Morgan fingerprint density at radius 2 is 1.96 bits per heavy atom. The minimum Gasteiger partial charge on any atom is -0.379 e. The number of morpholine rings is 1. The number of nitro groups is 1. The van der Waals surface area contributed by atoms with Crippen LogP contribution in [0.3, 0.4) is 0 Å². The Hall–Kier alpha value is -2.00. The lowest BCUT2D eigenvalue weighted by Gasteiger charge is -2.26. The standard InChI is InChI=1S/C15H24N6O3/c22-21(23)13-14(16-4-3-5-19-8-10-24-11-9-19)17-12-18-15(13)20-6-1-2-7-20/h12H,1-11H2,(H,16,17,18). The Morgan fingerprint density at radius 1 is 1.21 bits per heavy atom. The van der Waals surface area contributed by atoms with Crippen LogP contribution in [0.4, 0.5) is 17.3 Å². The van der Waals surface area contributed by atoms with Crippen LogP contribution in [0.5, 0.6) is 0 Å². The number of nitrogens with zero attached hydrogens (tertiary/aromatic N) is 5. The Morgan fingerprint density at radius 3 is 2.67 bits per heavy atom. The molecule has 2 aliphatic rings. The lowest BCUT2D eigenvalue weighted by atomic mass is 10.3. The van der Waals surface area contributed by atoms with Crippen molar-refractivity contribution in [2.24, 2.45) is 0 Å². The van der Waals surface area contributed by atoms with Crippen molar-refractivity contribution in [3.63, 3.8) is 0 Å². The van der Waals surface area contributed by atoms with Crippen LogP contribution in [0.1, 0.15) is 19.3 Å². The fourth-order valence-electron chi connectivity index (χ4n) is 3.16. The monoisotopic (exact) mass is 336 g/mol. The van der Waals surface area contributed by atoms with Gasteiger partial charge >= 0.3 is 5.69 Å². The second-order valence-electron chi connectivity index (χ2n) is 6.08. The van der Waals surface area contributed by atoms with Crippen LogP contribution in [-0.4, -0.2) is 72.3 Å². The first-order valence-corrected chi connectivity index (χ1v) is 8.54. The quantitative estimate of drug-likeness (QED) is 0.449. The predicted molar refractivity (Wildman–Crippen MR) is 90.5 cm³/mol. The van der Waals surface area contributed by atoms with Gasteiger partial charge in [-0.2, -0.15) is 0 Å². The second kappa shape index (κ2) is 8.20. The molecule has 0 atom stereocenters. The normalized spacial score (nSPS) is 18.8. The summed E-state index contributed by atoms with van der Waals surface area (Å²) in [6, 6.07) is 0. The van der Waals surface area contributed by atoms with Gasteiger partial charge in [-0.1, -0.05) is 0 Å². The van der Waals surface area contributed by atoms with Crippen molar-refractivity contribution < 1.29 is 9.66 Å². The van der Waals surface area contributed by atoms with E-state index in [9.17, 15) is 10.1 Å². The average molecular weight is 336 g/mol. The molecule has 3 heterocycles. The van der Waals surface area contributed by atoms with Gasteiger partial charge in [0.1, 0.15) is 6.33 Å². The zero-order valence-corrected chi connectivity index (χ0v) is 13.8. The van der Waals surface area contributed by atoms with Crippen LogP contribution < -0.4 is 10.2 Å². The smallest absolute Gasteiger partial charge is 0.353 e. The summed E-state index contributed by atoms with van der Waals surface area (Å²) in [4.78, 5) is 23.7. The molecule has 9 heteroatoms. The molecule has 0 spiro atoms. The Kier molecular flexibility index (Phi) is 5.76. The predicted octanol–water partition coefficient (Wildman–Crippen LogP) is 1.12. The number of hydrogen-bond acceptors (Lipinski definition) is 8. The van der Waals surface area contributed by atoms with Gasteiger partial charge in [0, 0.05) is 32.7 Å². The van der Waals surface area contributed by atoms with Crippen LogP contribution in [0.25, 0.3) is 0 Å². The zero-order valence-electron chi connectivity index (χ0n) is 13.8. The molecule has 0 unspecified atom stereocenters. The van der Waals surface area contributed by atoms with Crippen molar-refractivity contribution in [3.05, 3.63) is 16.4 Å². The highest BCUT2D eigenvalue weighted by Gasteiger charge is 2.28. The summed E-state index contributed by atoms with van der Waals surface area (Å²) in [6.45, 7) is 6.69. The van der Waals surface area contributed by atoms with Crippen molar-refractivity contribution >= 4 is 17.3 Å². The summed E-state index contributed by atoms with van der Waals surface area (Å²) in [6.07, 6.45) is 4.40. The molecule has 0 saturated carbocycles. The van der Waals surface area contributed by atoms with Crippen molar-refractivity contribution in [2.75, 3.05) is 62.7 Å². The Balaban J connectivity index is 1.59. The largest absolute Gasteiger partial charge is 0.379 e. The minimum atomic E-state index is -0.377. The molecule has 1 aromatic rings. The fourth-order valence-corrected chi connectivity index (χ4v) is 3.16. The first kappa shape index (κ1) is 16.8. The van der Waals surface area contributed by atoms with Crippen LogP contribution >= 0.6 is 0 Å². The maximum absolute atomic E-state index is 11.5. The van der Waals surface area contributed by atoms with Crippen LogP contribution in [0.15, 0.2) is 6.33 Å². The van der Waals surface area contributed by atoms with E-state index in [1.807, 2.05) is 4.90 Å². The van der Waals surface area contributed by atoms with Gasteiger partial charge in [0.25, 0.3) is 0 Å². The van der Waals surface area contributed by atoms with E-state index in [4.69, 9.17) is 4.74 Å². The van der Waals surface area contributed by atoms with E-state index in [0.29, 0.717) is 18.2 Å². The third-order valence-corrected chi connectivity index (χ3v) is 4.44. The molecule has 0 radical (unpaired) electrons. The van der Waals surface area contributed by atoms with Gasteiger partial charge in [-0.05, 0) is 25.8 Å². The first-order chi connectivity index (χ1) is 11.8.